The molecule has 1 aliphatic heterocycles. The number of nitrogens with zero attached hydrogens (tertiary/aromatic N) is 2. The van der Waals surface area contributed by atoms with Crippen molar-refractivity contribution in [2.24, 2.45) is 5.73 Å². The molecule has 1 atom stereocenters. The molecule has 152 valence electrons. The van der Waals surface area contributed by atoms with Crippen molar-refractivity contribution in [3.63, 3.8) is 0 Å². The van der Waals surface area contributed by atoms with Crippen molar-refractivity contribution in [2.45, 2.75) is 38.9 Å². The molecule has 1 heterocycles. The van der Waals surface area contributed by atoms with Gasteiger partial charge in [0.25, 0.3) is 5.91 Å². The Morgan fingerprint density at radius 3 is 2.34 bits per heavy atom. The van der Waals surface area contributed by atoms with Crippen molar-refractivity contribution in [1.82, 2.24) is 9.80 Å². The number of benzene rings is 2. The third kappa shape index (κ3) is 4.43. The van der Waals surface area contributed by atoms with Gasteiger partial charge in [0.15, 0.2) is 0 Å². The normalized spacial score (nSPS) is 15.7. The van der Waals surface area contributed by atoms with E-state index in [1.54, 1.807) is 29.2 Å². The smallest absolute Gasteiger partial charge is 0.256 e. The molecular formula is C22H24ClN3O3. The van der Waals surface area contributed by atoms with E-state index in [4.69, 9.17) is 17.3 Å². The summed E-state index contributed by atoms with van der Waals surface area (Å²) < 4.78 is 0. The number of halogens is 1. The minimum absolute atomic E-state index is 0.192. The largest absolute Gasteiger partial charge is 0.368 e. The van der Waals surface area contributed by atoms with Crippen molar-refractivity contribution in [3.05, 3.63) is 70.2 Å². The number of nitrogens with two attached hydrogens (primary N) is 1. The summed E-state index contributed by atoms with van der Waals surface area (Å²) in [6.45, 7) is 3.73. The van der Waals surface area contributed by atoms with E-state index in [0.717, 1.165) is 11.1 Å². The van der Waals surface area contributed by atoms with Crippen LogP contribution in [0, 0.1) is 0 Å². The summed E-state index contributed by atoms with van der Waals surface area (Å²) in [6.07, 6.45) is 0.368. The molecule has 2 aromatic carbocycles. The molecule has 0 bridgehead atoms. The van der Waals surface area contributed by atoms with Crippen LogP contribution in [-0.2, 0) is 22.6 Å². The Labute approximate surface area is 175 Å². The zero-order valence-electron chi connectivity index (χ0n) is 16.5. The lowest BCUT2D eigenvalue weighted by Crippen LogP contribution is -2.56. The van der Waals surface area contributed by atoms with Crippen LogP contribution in [0.3, 0.4) is 0 Å². The molecule has 29 heavy (non-hydrogen) atoms. The fraction of sp³-hybridized carbons (Fsp3) is 0.318. The predicted octanol–water partition coefficient (Wildman–Crippen LogP) is 2.63. The SMILES string of the molecule is CC(C)N(CC(N)=O)C(=O)C1Cc2ccccc2CN1C(=O)c1ccccc1Cl. The first-order valence-electron chi connectivity index (χ1n) is 9.50. The van der Waals surface area contributed by atoms with E-state index in [9.17, 15) is 14.4 Å². The predicted molar refractivity (Wildman–Crippen MR) is 111 cm³/mol. The molecule has 3 amide bonds. The molecule has 0 aliphatic carbocycles. The maximum Gasteiger partial charge on any atom is 0.256 e. The molecule has 2 aromatic rings. The highest BCUT2D eigenvalue weighted by Gasteiger charge is 2.38. The summed E-state index contributed by atoms with van der Waals surface area (Å²) in [4.78, 5) is 41.2. The van der Waals surface area contributed by atoms with E-state index in [0.29, 0.717) is 23.6 Å². The van der Waals surface area contributed by atoms with E-state index in [-0.39, 0.29) is 24.4 Å². The molecule has 1 aliphatic rings. The van der Waals surface area contributed by atoms with Gasteiger partial charge in [-0.2, -0.15) is 0 Å². The highest BCUT2D eigenvalue weighted by atomic mass is 35.5. The van der Waals surface area contributed by atoms with Crippen LogP contribution in [0.15, 0.2) is 48.5 Å². The summed E-state index contributed by atoms with van der Waals surface area (Å²) >= 11 is 6.24. The molecule has 7 heteroatoms. The number of hydrogen-bond acceptors (Lipinski definition) is 3. The van der Waals surface area contributed by atoms with Crippen molar-refractivity contribution < 1.29 is 14.4 Å². The Balaban J connectivity index is 2.01. The summed E-state index contributed by atoms with van der Waals surface area (Å²) in [7, 11) is 0. The van der Waals surface area contributed by atoms with Crippen LogP contribution >= 0.6 is 11.6 Å². The second-order valence-electron chi connectivity index (χ2n) is 7.43. The van der Waals surface area contributed by atoms with Gasteiger partial charge in [0.05, 0.1) is 17.1 Å². The number of amides is 3. The molecule has 0 saturated carbocycles. The minimum Gasteiger partial charge on any atom is -0.368 e. The van der Waals surface area contributed by atoms with E-state index in [1.165, 1.54) is 4.90 Å². The van der Waals surface area contributed by atoms with Gasteiger partial charge in [0.2, 0.25) is 11.8 Å². The summed E-state index contributed by atoms with van der Waals surface area (Å²) in [6, 6.07) is 13.5. The Hall–Kier alpha value is -2.86. The van der Waals surface area contributed by atoms with Gasteiger partial charge in [0.1, 0.15) is 6.04 Å². The van der Waals surface area contributed by atoms with Crippen molar-refractivity contribution in [3.8, 4) is 0 Å². The zero-order chi connectivity index (χ0) is 21.1. The molecule has 0 radical (unpaired) electrons. The molecule has 2 N–H and O–H groups in total. The van der Waals surface area contributed by atoms with Gasteiger partial charge < -0.3 is 15.5 Å². The van der Waals surface area contributed by atoms with Gasteiger partial charge in [-0.05, 0) is 37.1 Å². The van der Waals surface area contributed by atoms with Crippen LogP contribution in [0.5, 0.6) is 0 Å². The number of rotatable bonds is 5. The van der Waals surface area contributed by atoms with Crippen LogP contribution < -0.4 is 5.73 Å². The fourth-order valence-corrected chi connectivity index (χ4v) is 3.84. The second-order valence-corrected chi connectivity index (χ2v) is 7.83. The summed E-state index contributed by atoms with van der Waals surface area (Å²) in [5.41, 5.74) is 7.69. The number of carbonyl (C=O) groups is 3. The minimum atomic E-state index is -0.740. The first kappa shape index (κ1) is 20.9. The lowest BCUT2D eigenvalue weighted by molar-refractivity contribution is -0.141. The van der Waals surface area contributed by atoms with Gasteiger partial charge in [-0.15, -0.1) is 0 Å². The van der Waals surface area contributed by atoms with Crippen LogP contribution in [0.25, 0.3) is 0 Å². The monoisotopic (exact) mass is 413 g/mol. The van der Waals surface area contributed by atoms with Crippen molar-refractivity contribution in [2.75, 3.05) is 6.54 Å². The van der Waals surface area contributed by atoms with Crippen molar-refractivity contribution in [1.29, 1.82) is 0 Å². The zero-order valence-corrected chi connectivity index (χ0v) is 17.2. The molecule has 0 aromatic heterocycles. The van der Waals surface area contributed by atoms with Gasteiger partial charge >= 0.3 is 0 Å². The Kier molecular flexibility index (Phi) is 6.23. The lowest BCUT2D eigenvalue weighted by atomic mass is 9.92. The third-order valence-corrected chi connectivity index (χ3v) is 5.46. The topological polar surface area (TPSA) is 83.7 Å². The average molecular weight is 414 g/mol. The molecule has 0 spiro atoms. The molecule has 6 nitrogen and oxygen atoms in total. The van der Waals surface area contributed by atoms with Gasteiger partial charge in [0, 0.05) is 19.0 Å². The lowest BCUT2D eigenvalue weighted by Gasteiger charge is -2.39. The maximum absolute atomic E-state index is 13.4. The molecular weight excluding hydrogens is 390 g/mol. The van der Waals surface area contributed by atoms with Crippen LogP contribution in [0.2, 0.25) is 5.02 Å². The number of fused-ring (bicyclic) bond motifs is 1. The van der Waals surface area contributed by atoms with E-state index in [2.05, 4.69) is 0 Å². The van der Waals surface area contributed by atoms with E-state index in [1.807, 2.05) is 38.1 Å². The van der Waals surface area contributed by atoms with E-state index >= 15 is 0 Å². The van der Waals surface area contributed by atoms with E-state index < -0.39 is 11.9 Å². The number of hydrogen-bond donors (Lipinski definition) is 1. The Morgan fingerprint density at radius 1 is 1.10 bits per heavy atom. The Bertz CT molecular complexity index is 944. The molecule has 0 fully saturated rings. The second kappa shape index (κ2) is 8.66. The van der Waals surface area contributed by atoms with Crippen molar-refractivity contribution >= 4 is 29.3 Å². The first-order chi connectivity index (χ1) is 13.8. The third-order valence-electron chi connectivity index (χ3n) is 5.13. The van der Waals surface area contributed by atoms with Gasteiger partial charge in [-0.1, -0.05) is 48.0 Å². The average Bonchev–Trinajstić information content (AvgIpc) is 2.70. The first-order valence-corrected chi connectivity index (χ1v) is 9.88. The molecule has 1 unspecified atom stereocenters. The van der Waals surface area contributed by atoms with Gasteiger partial charge in [-0.3, -0.25) is 14.4 Å². The highest BCUT2D eigenvalue weighted by molar-refractivity contribution is 6.33. The van der Waals surface area contributed by atoms with Gasteiger partial charge in [-0.25, -0.2) is 0 Å². The fourth-order valence-electron chi connectivity index (χ4n) is 3.62. The number of primary amides is 1. The maximum atomic E-state index is 13.4. The summed E-state index contributed by atoms with van der Waals surface area (Å²) in [5, 5.41) is 0.334. The molecule has 3 rings (SSSR count). The highest BCUT2D eigenvalue weighted by Crippen LogP contribution is 2.28. The van der Waals surface area contributed by atoms with Crippen LogP contribution in [-0.4, -0.2) is 46.1 Å². The standard InChI is InChI=1S/C22H24ClN3O3/c1-14(2)25(13-20(24)27)22(29)19-11-15-7-3-4-8-16(15)12-26(19)21(28)17-9-5-6-10-18(17)23/h3-10,14,19H,11-13H2,1-2H3,(H2,24,27). The Morgan fingerprint density at radius 2 is 1.72 bits per heavy atom. The van der Waals surface area contributed by atoms with Crippen LogP contribution in [0.4, 0.5) is 0 Å². The van der Waals surface area contributed by atoms with Crippen LogP contribution in [0.1, 0.15) is 35.3 Å². The number of carbonyl (C=O) groups excluding carboxylic acids is 3. The summed E-state index contributed by atoms with van der Waals surface area (Å²) in [5.74, 6) is -1.20. The quantitative estimate of drug-likeness (QED) is 0.817. The molecule has 0 saturated heterocycles.